The molecular weight excluding hydrogens is 332 g/mol. The van der Waals surface area contributed by atoms with Gasteiger partial charge in [-0.15, -0.1) is 11.8 Å². The molecule has 0 saturated carbocycles. The average molecular weight is 356 g/mol. The Balaban J connectivity index is 1.83. The van der Waals surface area contributed by atoms with Gasteiger partial charge in [-0.1, -0.05) is 25.1 Å². The van der Waals surface area contributed by atoms with Crippen molar-refractivity contribution in [2.75, 3.05) is 19.0 Å². The number of carbonyl (C=O) groups is 1. The van der Waals surface area contributed by atoms with E-state index in [0.29, 0.717) is 5.92 Å². The SMILES string of the molecule is CCSc1ccccc1C(=O)NC(c1cccnc1)C1CCOCC1. The van der Waals surface area contributed by atoms with E-state index >= 15 is 0 Å². The normalized spacial score (nSPS) is 16.4. The highest BCUT2D eigenvalue weighted by atomic mass is 32.2. The van der Waals surface area contributed by atoms with Gasteiger partial charge in [-0.05, 0) is 48.3 Å². The fourth-order valence-electron chi connectivity index (χ4n) is 3.24. The molecule has 1 atom stereocenters. The summed E-state index contributed by atoms with van der Waals surface area (Å²) >= 11 is 1.70. The predicted molar refractivity (Wildman–Crippen MR) is 101 cm³/mol. The van der Waals surface area contributed by atoms with Crippen molar-refractivity contribution in [3.05, 3.63) is 59.9 Å². The molecule has 2 heterocycles. The van der Waals surface area contributed by atoms with Crippen LogP contribution in [0.5, 0.6) is 0 Å². The van der Waals surface area contributed by atoms with E-state index in [-0.39, 0.29) is 11.9 Å². The van der Waals surface area contributed by atoms with Crippen LogP contribution >= 0.6 is 11.8 Å². The number of benzene rings is 1. The van der Waals surface area contributed by atoms with Gasteiger partial charge >= 0.3 is 0 Å². The van der Waals surface area contributed by atoms with Crippen LogP contribution in [0.15, 0.2) is 53.7 Å². The summed E-state index contributed by atoms with van der Waals surface area (Å²) in [5.74, 6) is 1.29. The van der Waals surface area contributed by atoms with Crippen molar-refractivity contribution in [1.82, 2.24) is 10.3 Å². The van der Waals surface area contributed by atoms with Gasteiger partial charge in [0.25, 0.3) is 5.91 Å². The second-order valence-electron chi connectivity index (χ2n) is 6.12. The maximum Gasteiger partial charge on any atom is 0.252 e. The summed E-state index contributed by atoms with van der Waals surface area (Å²) in [7, 11) is 0. The van der Waals surface area contributed by atoms with E-state index in [2.05, 4.69) is 17.2 Å². The second kappa shape index (κ2) is 9.02. The van der Waals surface area contributed by atoms with Crippen molar-refractivity contribution >= 4 is 17.7 Å². The molecule has 1 fully saturated rings. The number of hydrogen-bond donors (Lipinski definition) is 1. The Bertz CT molecular complexity index is 687. The molecule has 1 aliphatic heterocycles. The average Bonchev–Trinajstić information content (AvgIpc) is 2.68. The molecule has 25 heavy (non-hydrogen) atoms. The number of thioether (sulfide) groups is 1. The minimum Gasteiger partial charge on any atom is -0.381 e. The van der Waals surface area contributed by atoms with Crippen molar-refractivity contribution in [3.63, 3.8) is 0 Å². The lowest BCUT2D eigenvalue weighted by molar-refractivity contribution is 0.0513. The van der Waals surface area contributed by atoms with E-state index < -0.39 is 0 Å². The van der Waals surface area contributed by atoms with E-state index in [1.807, 2.05) is 42.6 Å². The van der Waals surface area contributed by atoms with E-state index in [9.17, 15) is 4.79 Å². The minimum atomic E-state index is -0.0372. The zero-order valence-corrected chi connectivity index (χ0v) is 15.3. The Morgan fingerprint density at radius 2 is 2.08 bits per heavy atom. The van der Waals surface area contributed by atoms with Crippen LogP contribution in [0.3, 0.4) is 0 Å². The van der Waals surface area contributed by atoms with Crippen LogP contribution in [0, 0.1) is 5.92 Å². The predicted octanol–water partition coefficient (Wildman–Crippen LogP) is 4.09. The Hall–Kier alpha value is -1.85. The lowest BCUT2D eigenvalue weighted by Gasteiger charge is -2.31. The number of pyridine rings is 1. The van der Waals surface area contributed by atoms with Crippen LogP contribution < -0.4 is 5.32 Å². The first kappa shape index (κ1) is 18.0. The molecule has 5 heteroatoms. The highest BCUT2D eigenvalue weighted by molar-refractivity contribution is 7.99. The molecule has 132 valence electrons. The number of aromatic nitrogens is 1. The lowest BCUT2D eigenvalue weighted by atomic mass is 9.87. The number of hydrogen-bond acceptors (Lipinski definition) is 4. The van der Waals surface area contributed by atoms with E-state index in [1.54, 1.807) is 18.0 Å². The third-order valence-corrected chi connectivity index (χ3v) is 5.45. The molecule has 4 nitrogen and oxygen atoms in total. The van der Waals surface area contributed by atoms with Gasteiger partial charge in [-0.25, -0.2) is 0 Å². The molecule has 1 saturated heterocycles. The largest absolute Gasteiger partial charge is 0.381 e. The Kier molecular flexibility index (Phi) is 6.48. The van der Waals surface area contributed by atoms with Gasteiger partial charge in [-0.3, -0.25) is 9.78 Å². The van der Waals surface area contributed by atoms with Crippen molar-refractivity contribution in [2.45, 2.75) is 30.7 Å². The van der Waals surface area contributed by atoms with Gasteiger partial charge < -0.3 is 10.1 Å². The van der Waals surface area contributed by atoms with Crippen molar-refractivity contribution in [1.29, 1.82) is 0 Å². The number of ether oxygens (including phenoxy) is 1. The molecule has 0 radical (unpaired) electrons. The molecule has 1 amide bonds. The molecule has 3 rings (SSSR count). The number of nitrogens with one attached hydrogen (secondary N) is 1. The fraction of sp³-hybridized carbons (Fsp3) is 0.400. The third-order valence-electron chi connectivity index (χ3n) is 4.50. The Morgan fingerprint density at radius 1 is 1.28 bits per heavy atom. The number of carbonyl (C=O) groups excluding carboxylic acids is 1. The van der Waals surface area contributed by atoms with Gasteiger partial charge in [0.05, 0.1) is 11.6 Å². The van der Waals surface area contributed by atoms with Gasteiger partial charge in [0.1, 0.15) is 0 Å². The van der Waals surface area contributed by atoms with Crippen molar-refractivity contribution < 1.29 is 9.53 Å². The van der Waals surface area contributed by atoms with E-state index in [1.165, 1.54) is 0 Å². The van der Waals surface area contributed by atoms with Crippen LogP contribution in [0.25, 0.3) is 0 Å². The first-order valence-electron chi connectivity index (χ1n) is 8.80. The zero-order valence-electron chi connectivity index (χ0n) is 14.5. The molecular formula is C20H24N2O2S. The highest BCUT2D eigenvalue weighted by Crippen LogP contribution is 2.31. The van der Waals surface area contributed by atoms with Gasteiger partial charge in [0, 0.05) is 30.5 Å². The summed E-state index contributed by atoms with van der Waals surface area (Å²) in [6, 6.07) is 11.7. The molecule has 0 aliphatic carbocycles. The molecule has 0 spiro atoms. The molecule has 0 bridgehead atoms. The maximum absolute atomic E-state index is 13.0. The molecule has 2 aromatic rings. The Morgan fingerprint density at radius 3 is 2.80 bits per heavy atom. The summed E-state index contributed by atoms with van der Waals surface area (Å²) in [4.78, 5) is 18.3. The second-order valence-corrected chi connectivity index (χ2v) is 7.42. The molecule has 1 unspecified atom stereocenters. The minimum absolute atomic E-state index is 0.0168. The molecule has 1 aliphatic rings. The Labute approximate surface area is 153 Å². The standard InChI is InChI=1S/C20H24N2O2S/c1-2-25-18-8-4-3-7-17(18)20(23)22-19(15-9-12-24-13-10-15)16-6-5-11-21-14-16/h3-8,11,14-15,19H,2,9-10,12-13H2,1H3,(H,22,23). The van der Waals surface area contributed by atoms with Crippen LogP contribution in [-0.2, 0) is 4.74 Å². The molecule has 1 aromatic heterocycles. The van der Waals surface area contributed by atoms with Crippen molar-refractivity contribution in [2.24, 2.45) is 5.92 Å². The number of amides is 1. The summed E-state index contributed by atoms with van der Waals surface area (Å²) in [5.41, 5.74) is 1.80. The molecule has 1 aromatic carbocycles. The van der Waals surface area contributed by atoms with Gasteiger partial charge in [-0.2, -0.15) is 0 Å². The monoisotopic (exact) mass is 356 g/mol. The van der Waals surface area contributed by atoms with Crippen LogP contribution in [0.4, 0.5) is 0 Å². The summed E-state index contributed by atoms with van der Waals surface area (Å²) in [6.45, 7) is 3.60. The smallest absolute Gasteiger partial charge is 0.252 e. The summed E-state index contributed by atoms with van der Waals surface area (Å²) in [5, 5.41) is 3.27. The quantitative estimate of drug-likeness (QED) is 0.792. The lowest BCUT2D eigenvalue weighted by Crippen LogP contribution is -2.36. The highest BCUT2D eigenvalue weighted by Gasteiger charge is 2.28. The topological polar surface area (TPSA) is 51.2 Å². The first-order valence-corrected chi connectivity index (χ1v) is 9.78. The van der Waals surface area contributed by atoms with Crippen LogP contribution in [0.1, 0.15) is 41.7 Å². The van der Waals surface area contributed by atoms with E-state index in [4.69, 9.17) is 4.74 Å². The summed E-state index contributed by atoms with van der Waals surface area (Å²) in [6.07, 6.45) is 5.52. The summed E-state index contributed by atoms with van der Waals surface area (Å²) < 4.78 is 5.49. The number of rotatable bonds is 6. The van der Waals surface area contributed by atoms with Crippen LogP contribution in [0.2, 0.25) is 0 Å². The fourth-order valence-corrected chi connectivity index (χ4v) is 4.04. The molecule has 1 N–H and O–H groups in total. The van der Waals surface area contributed by atoms with Gasteiger partial charge in [0.15, 0.2) is 0 Å². The zero-order chi connectivity index (χ0) is 17.5. The maximum atomic E-state index is 13.0. The number of nitrogens with zero attached hydrogens (tertiary/aromatic N) is 1. The van der Waals surface area contributed by atoms with E-state index in [0.717, 1.165) is 47.8 Å². The van der Waals surface area contributed by atoms with Gasteiger partial charge in [0.2, 0.25) is 0 Å². The third kappa shape index (κ3) is 4.61. The van der Waals surface area contributed by atoms with Crippen molar-refractivity contribution in [3.8, 4) is 0 Å². The van der Waals surface area contributed by atoms with Crippen LogP contribution in [-0.4, -0.2) is 29.9 Å². The first-order chi connectivity index (χ1) is 12.3.